The maximum absolute atomic E-state index is 12.7. The summed E-state index contributed by atoms with van der Waals surface area (Å²) >= 11 is 0. The van der Waals surface area contributed by atoms with Crippen LogP contribution >= 0.6 is 0 Å². The molecule has 20 heavy (non-hydrogen) atoms. The van der Waals surface area contributed by atoms with E-state index in [1.165, 1.54) is 4.31 Å². The van der Waals surface area contributed by atoms with E-state index in [-0.39, 0.29) is 16.5 Å². The molecule has 0 aliphatic carbocycles. The normalized spacial score (nSPS) is 14.8. The number of hydrogen-bond acceptors (Lipinski definition) is 4. The minimum absolute atomic E-state index is 0.114. The molecule has 0 fully saturated rings. The molecule has 0 saturated carbocycles. The predicted molar refractivity (Wildman–Crippen MR) is 80.0 cm³/mol. The molecule has 0 spiro atoms. The molecule has 6 nitrogen and oxygen atoms in total. The molecule has 1 aromatic heterocycles. The lowest BCUT2D eigenvalue weighted by atomic mass is 9.88. The molecule has 7 heteroatoms. The van der Waals surface area contributed by atoms with Crippen LogP contribution in [0.25, 0.3) is 0 Å². The third-order valence-corrected chi connectivity index (χ3v) is 5.71. The van der Waals surface area contributed by atoms with Crippen LogP contribution in [-0.2, 0) is 16.6 Å². The molecule has 0 bridgehead atoms. The average Bonchev–Trinajstić information content (AvgIpc) is 2.69. The fourth-order valence-corrected chi connectivity index (χ4v) is 3.62. The van der Waals surface area contributed by atoms with Crippen molar-refractivity contribution >= 4 is 10.0 Å². The summed E-state index contributed by atoms with van der Waals surface area (Å²) in [5.41, 5.74) is 1.33. The fourth-order valence-electron chi connectivity index (χ4n) is 1.92. The van der Waals surface area contributed by atoms with Crippen LogP contribution in [0.5, 0.6) is 0 Å². The second kappa shape index (κ2) is 5.83. The van der Waals surface area contributed by atoms with E-state index in [4.69, 9.17) is 0 Å². The summed E-state index contributed by atoms with van der Waals surface area (Å²) < 4.78 is 26.9. The Morgan fingerprint density at radius 3 is 2.40 bits per heavy atom. The second-order valence-corrected chi connectivity index (χ2v) is 8.14. The Morgan fingerprint density at radius 2 is 1.95 bits per heavy atom. The number of sulfonamides is 1. The van der Waals surface area contributed by atoms with Crippen LogP contribution in [0.15, 0.2) is 5.03 Å². The van der Waals surface area contributed by atoms with Gasteiger partial charge in [-0.2, -0.15) is 9.40 Å². The summed E-state index contributed by atoms with van der Waals surface area (Å²) in [7, 11) is -0.211. The van der Waals surface area contributed by atoms with E-state index < -0.39 is 10.0 Å². The van der Waals surface area contributed by atoms with Gasteiger partial charge in [-0.15, -0.1) is 0 Å². The molecule has 0 aromatic carbocycles. The number of hydrogen-bond donors (Lipinski definition) is 2. The number of rotatable bonds is 5. The van der Waals surface area contributed by atoms with Crippen LogP contribution in [-0.4, -0.2) is 43.1 Å². The van der Waals surface area contributed by atoms with Crippen LogP contribution in [0.2, 0.25) is 0 Å². The Bertz CT molecular complexity index is 557. The molecule has 1 heterocycles. The van der Waals surface area contributed by atoms with Gasteiger partial charge in [0.1, 0.15) is 0 Å². The van der Waals surface area contributed by atoms with Crippen molar-refractivity contribution in [3.63, 3.8) is 0 Å². The third-order valence-electron chi connectivity index (χ3n) is 3.81. The number of H-pyrrole nitrogens is 1. The second-order valence-electron chi connectivity index (χ2n) is 6.23. The molecule has 2 N–H and O–H groups in total. The topological polar surface area (TPSA) is 78.1 Å². The van der Waals surface area contributed by atoms with Crippen molar-refractivity contribution in [1.82, 2.24) is 19.8 Å². The number of aromatic amines is 1. The maximum Gasteiger partial charge on any atom is 0.262 e. The first-order valence-corrected chi connectivity index (χ1v) is 8.14. The van der Waals surface area contributed by atoms with Crippen LogP contribution < -0.4 is 5.32 Å². The highest BCUT2D eigenvalue weighted by atomic mass is 32.2. The largest absolute Gasteiger partial charge is 0.316 e. The summed E-state index contributed by atoms with van der Waals surface area (Å²) in [4.78, 5) is 0. The van der Waals surface area contributed by atoms with Crippen molar-refractivity contribution in [3.8, 4) is 0 Å². The van der Waals surface area contributed by atoms with Gasteiger partial charge in [0.2, 0.25) is 0 Å². The minimum atomic E-state index is -3.60. The van der Waals surface area contributed by atoms with Crippen molar-refractivity contribution in [2.75, 3.05) is 14.1 Å². The predicted octanol–water partition coefficient (Wildman–Crippen LogP) is 1.49. The van der Waals surface area contributed by atoms with E-state index in [1.807, 2.05) is 34.6 Å². The van der Waals surface area contributed by atoms with Crippen LogP contribution in [0.4, 0.5) is 0 Å². The van der Waals surface area contributed by atoms with Gasteiger partial charge < -0.3 is 5.32 Å². The van der Waals surface area contributed by atoms with Crippen molar-refractivity contribution in [2.24, 2.45) is 5.41 Å². The molecular weight excluding hydrogens is 276 g/mol. The smallest absolute Gasteiger partial charge is 0.262 e. The molecule has 1 unspecified atom stereocenters. The highest BCUT2D eigenvalue weighted by molar-refractivity contribution is 7.89. The lowest BCUT2D eigenvalue weighted by molar-refractivity contribution is 0.216. The molecular formula is C13H26N4O2S. The SMILES string of the molecule is CNCc1c(S(=O)(=O)N(C)C(C)C(C)(C)C)n[nH]c1C. The van der Waals surface area contributed by atoms with Gasteiger partial charge in [0, 0.05) is 30.9 Å². The van der Waals surface area contributed by atoms with E-state index in [0.717, 1.165) is 5.69 Å². The van der Waals surface area contributed by atoms with E-state index >= 15 is 0 Å². The Kier molecular flexibility index (Phi) is 4.99. The number of nitrogens with one attached hydrogen (secondary N) is 2. The van der Waals surface area contributed by atoms with E-state index in [1.54, 1.807) is 14.1 Å². The van der Waals surface area contributed by atoms with E-state index in [9.17, 15) is 8.42 Å². The van der Waals surface area contributed by atoms with Crippen molar-refractivity contribution < 1.29 is 8.42 Å². The van der Waals surface area contributed by atoms with Crippen LogP contribution in [0.3, 0.4) is 0 Å². The Labute approximate surface area is 122 Å². The van der Waals surface area contributed by atoms with Gasteiger partial charge in [0.05, 0.1) is 0 Å². The summed E-state index contributed by atoms with van der Waals surface area (Å²) in [6.45, 7) is 10.3. The Hall–Kier alpha value is -0.920. The number of aromatic nitrogens is 2. The minimum Gasteiger partial charge on any atom is -0.316 e. The average molecular weight is 302 g/mol. The molecule has 0 radical (unpaired) electrons. The van der Waals surface area contributed by atoms with Gasteiger partial charge in [0.15, 0.2) is 5.03 Å². The van der Waals surface area contributed by atoms with Gasteiger partial charge in [-0.1, -0.05) is 20.8 Å². The van der Waals surface area contributed by atoms with Crippen molar-refractivity contribution in [2.45, 2.75) is 52.2 Å². The zero-order valence-electron chi connectivity index (χ0n) is 13.4. The Morgan fingerprint density at radius 1 is 1.40 bits per heavy atom. The van der Waals surface area contributed by atoms with Crippen LogP contribution in [0, 0.1) is 12.3 Å². The van der Waals surface area contributed by atoms with E-state index in [2.05, 4.69) is 15.5 Å². The first-order chi connectivity index (χ1) is 9.03. The summed E-state index contributed by atoms with van der Waals surface area (Å²) in [6, 6.07) is -0.132. The fraction of sp³-hybridized carbons (Fsp3) is 0.769. The highest BCUT2D eigenvalue weighted by Gasteiger charge is 2.35. The molecule has 0 amide bonds. The molecule has 1 aromatic rings. The van der Waals surface area contributed by atoms with Crippen LogP contribution in [0.1, 0.15) is 39.0 Å². The zero-order chi connectivity index (χ0) is 15.7. The highest BCUT2D eigenvalue weighted by Crippen LogP contribution is 2.28. The molecule has 0 aliphatic rings. The Balaban J connectivity index is 3.24. The number of nitrogens with zero attached hydrogens (tertiary/aromatic N) is 2. The van der Waals surface area contributed by atoms with Gasteiger partial charge in [0.25, 0.3) is 10.0 Å². The summed E-state index contributed by atoms with van der Waals surface area (Å²) in [6.07, 6.45) is 0. The third kappa shape index (κ3) is 3.21. The van der Waals surface area contributed by atoms with Crippen molar-refractivity contribution in [1.29, 1.82) is 0 Å². The van der Waals surface area contributed by atoms with Crippen molar-refractivity contribution in [3.05, 3.63) is 11.3 Å². The quantitative estimate of drug-likeness (QED) is 0.864. The summed E-state index contributed by atoms with van der Waals surface area (Å²) in [5, 5.41) is 9.85. The lowest BCUT2D eigenvalue weighted by Crippen LogP contribution is -2.43. The standard InChI is InChI=1S/C13H26N4O2S/c1-9-11(8-14-6)12(16-15-9)20(18,19)17(7)10(2)13(3,4)5/h10,14H,8H2,1-7H3,(H,15,16). The molecule has 116 valence electrons. The maximum atomic E-state index is 12.7. The monoisotopic (exact) mass is 302 g/mol. The molecule has 1 rings (SSSR count). The summed E-state index contributed by atoms with van der Waals surface area (Å²) in [5.74, 6) is 0. The molecule has 1 atom stereocenters. The van der Waals surface area contributed by atoms with E-state index in [0.29, 0.717) is 12.1 Å². The first-order valence-electron chi connectivity index (χ1n) is 6.70. The molecule has 0 saturated heterocycles. The van der Waals surface area contributed by atoms with Gasteiger partial charge in [-0.3, -0.25) is 5.10 Å². The zero-order valence-corrected chi connectivity index (χ0v) is 14.2. The van der Waals surface area contributed by atoms with Gasteiger partial charge in [-0.05, 0) is 26.3 Å². The lowest BCUT2D eigenvalue weighted by Gasteiger charge is -2.34. The first kappa shape index (κ1) is 17.1. The number of aryl methyl sites for hydroxylation is 1. The van der Waals surface area contributed by atoms with Gasteiger partial charge in [-0.25, -0.2) is 8.42 Å². The molecule has 0 aliphatic heterocycles. The van der Waals surface area contributed by atoms with Gasteiger partial charge >= 0.3 is 0 Å².